The quantitative estimate of drug-likeness (QED) is 0.832. The van der Waals surface area contributed by atoms with E-state index in [1.807, 2.05) is 13.8 Å². The minimum Gasteiger partial charge on any atom is -0.367 e. The Kier molecular flexibility index (Phi) is 5.54. The Balaban J connectivity index is 1.90. The Hall–Kier alpha value is -0.940. The Morgan fingerprint density at radius 3 is 2.95 bits per heavy atom. The molecule has 20 heavy (non-hydrogen) atoms. The van der Waals surface area contributed by atoms with Crippen LogP contribution in [0.2, 0.25) is 0 Å². The normalized spacial score (nSPS) is 22.6. The molecule has 2 rings (SSSR count). The van der Waals surface area contributed by atoms with Crippen molar-refractivity contribution >= 4 is 0 Å². The Bertz CT molecular complexity index is 402. The molecule has 1 aliphatic heterocycles. The monoisotopic (exact) mass is 281 g/mol. The van der Waals surface area contributed by atoms with E-state index in [4.69, 9.17) is 9.26 Å². The third-order valence-electron chi connectivity index (χ3n) is 4.24. The third-order valence-corrected chi connectivity index (χ3v) is 4.24. The van der Waals surface area contributed by atoms with Gasteiger partial charge in [-0.05, 0) is 58.5 Å². The molecule has 2 atom stereocenters. The predicted molar refractivity (Wildman–Crippen MR) is 77.5 cm³/mol. The van der Waals surface area contributed by atoms with Crippen LogP contribution in [0.5, 0.6) is 0 Å². The maximum Gasteiger partial charge on any atom is 0.226 e. The zero-order chi connectivity index (χ0) is 14.4. The van der Waals surface area contributed by atoms with Gasteiger partial charge in [0.05, 0.1) is 0 Å². The molecule has 0 saturated carbocycles. The molecule has 5 heteroatoms. The van der Waals surface area contributed by atoms with E-state index in [-0.39, 0.29) is 0 Å². The molecule has 2 unspecified atom stereocenters. The average Bonchev–Trinajstić information content (AvgIpc) is 2.96. The summed E-state index contributed by atoms with van der Waals surface area (Å²) in [6.45, 7) is 9.03. The first-order chi connectivity index (χ1) is 9.68. The fourth-order valence-electron chi connectivity index (χ4n) is 2.71. The summed E-state index contributed by atoms with van der Waals surface area (Å²) in [5, 5.41) is 7.55. The number of aromatic nitrogens is 2. The molecule has 0 aliphatic carbocycles. The number of nitrogens with one attached hydrogen (secondary N) is 1. The molecule has 5 nitrogen and oxygen atoms in total. The largest absolute Gasteiger partial charge is 0.367 e. The van der Waals surface area contributed by atoms with Gasteiger partial charge in [0, 0.05) is 13.0 Å². The van der Waals surface area contributed by atoms with Gasteiger partial charge in [-0.2, -0.15) is 4.98 Å². The molecule has 1 saturated heterocycles. The lowest BCUT2D eigenvalue weighted by Crippen LogP contribution is -2.30. The molecule has 1 fully saturated rings. The second kappa shape index (κ2) is 7.18. The summed E-state index contributed by atoms with van der Waals surface area (Å²) in [5.74, 6) is 2.16. The van der Waals surface area contributed by atoms with Crippen LogP contribution in [0.15, 0.2) is 4.52 Å². The zero-order valence-electron chi connectivity index (χ0n) is 12.9. The van der Waals surface area contributed by atoms with E-state index in [2.05, 4.69) is 22.4 Å². The van der Waals surface area contributed by atoms with Crippen LogP contribution in [-0.2, 0) is 16.8 Å². The molecule has 0 spiro atoms. The number of piperidine rings is 1. The smallest absolute Gasteiger partial charge is 0.226 e. The van der Waals surface area contributed by atoms with E-state index in [9.17, 15) is 0 Å². The molecule has 1 aromatic rings. The molecule has 2 heterocycles. The SMILES string of the molecule is CCOC(C)(CC)c1noc(CCC2CCCNC2)n1. The van der Waals surface area contributed by atoms with Crippen LogP contribution >= 0.6 is 0 Å². The summed E-state index contributed by atoms with van der Waals surface area (Å²) in [6, 6.07) is 0. The summed E-state index contributed by atoms with van der Waals surface area (Å²) in [7, 11) is 0. The second-order valence-corrected chi connectivity index (χ2v) is 5.78. The van der Waals surface area contributed by atoms with Crippen molar-refractivity contribution in [3.8, 4) is 0 Å². The summed E-state index contributed by atoms with van der Waals surface area (Å²) >= 11 is 0. The lowest BCUT2D eigenvalue weighted by molar-refractivity contribution is -0.0403. The topological polar surface area (TPSA) is 60.2 Å². The highest BCUT2D eigenvalue weighted by Gasteiger charge is 2.30. The standard InChI is InChI=1S/C15H27N3O2/c1-4-15(3,19-5-2)14-17-13(20-18-14)9-8-12-7-6-10-16-11-12/h12,16H,4-11H2,1-3H3. The Labute approximate surface area is 121 Å². The van der Waals surface area contributed by atoms with Crippen molar-refractivity contribution in [2.45, 2.75) is 58.5 Å². The van der Waals surface area contributed by atoms with Crippen molar-refractivity contribution in [1.29, 1.82) is 0 Å². The third kappa shape index (κ3) is 3.79. The molecule has 1 N–H and O–H groups in total. The fourth-order valence-corrected chi connectivity index (χ4v) is 2.71. The van der Waals surface area contributed by atoms with Crippen molar-refractivity contribution in [2.24, 2.45) is 5.92 Å². The highest BCUT2D eigenvalue weighted by atomic mass is 16.5. The van der Waals surface area contributed by atoms with Gasteiger partial charge in [0.25, 0.3) is 0 Å². The molecule has 0 amide bonds. The molecule has 0 aromatic carbocycles. The fraction of sp³-hybridized carbons (Fsp3) is 0.867. The number of hydrogen-bond donors (Lipinski definition) is 1. The van der Waals surface area contributed by atoms with Crippen molar-refractivity contribution in [3.63, 3.8) is 0 Å². The number of nitrogens with zero attached hydrogens (tertiary/aromatic N) is 2. The predicted octanol–water partition coefficient (Wildman–Crippen LogP) is 2.66. The van der Waals surface area contributed by atoms with Crippen LogP contribution in [0.4, 0.5) is 0 Å². The van der Waals surface area contributed by atoms with E-state index < -0.39 is 5.60 Å². The number of ether oxygens (including phenoxy) is 1. The zero-order valence-corrected chi connectivity index (χ0v) is 12.9. The highest BCUT2D eigenvalue weighted by molar-refractivity contribution is 4.99. The minimum absolute atomic E-state index is 0.428. The summed E-state index contributed by atoms with van der Waals surface area (Å²) in [4.78, 5) is 4.53. The highest BCUT2D eigenvalue weighted by Crippen LogP contribution is 2.27. The first-order valence-corrected chi connectivity index (χ1v) is 7.85. The van der Waals surface area contributed by atoms with Gasteiger partial charge in [0.15, 0.2) is 0 Å². The Morgan fingerprint density at radius 1 is 1.45 bits per heavy atom. The van der Waals surface area contributed by atoms with E-state index >= 15 is 0 Å². The van der Waals surface area contributed by atoms with E-state index in [0.717, 1.165) is 44.2 Å². The number of rotatable bonds is 7. The van der Waals surface area contributed by atoms with Crippen molar-refractivity contribution in [1.82, 2.24) is 15.5 Å². The number of hydrogen-bond acceptors (Lipinski definition) is 5. The van der Waals surface area contributed by atoms with Crippen molar-refractivity contribution in [3.05, 3.63) is 11.7 Å². The Morgan fingerprint density at radius 2 is 2.30 bits per heavy atom. The van der Waals surface area contributed by atoms with Crippen LogP contribution in [-0.4, -0.2) is 29.8 Å². The van der Waals surface area contributed by atoms with Gasteiger partial charge in [-0.1, -0.05) is 12.1 Å². The molecule has 0 radical (unpaired) electrons. The van der Waals surface area contributed by atoms with E-state index in [1.54, 1.807) is 0 Å². The molecule has 1 aliphatic rings. The van der Waals surface area contributed by atoms with Gasteiger partial charge in [0.2, 0.25) is 11.7 Å². The second-order valence-electron chi connectivity index (χ2n) is 5.78. The van der Waals surface area contributed by atoms with Crippen LogP contribution in [0.1, 0.15) is 58.2 Å². The first-order valence-electron chi connectivity index (χ1n) is 7.85. The van der Waals surface area contributed by atoms with Crippen molar-refractivity contribution < 1.29 is 9.26 Å². The van der Waals surface area contributed by atoms with E-state index in [1.165, 1.54) is 12.8 Å². The van der Waals surface area contributed by atoms with Gasteiger partial charge in [-0.3, -0.25) is 0 Å². The minimum atomic E-state index is -0.428. The molecular weight excluding hydrogens is 254 g/mol. The van der Waals surface area contributed by atoms with Gasteiger partial charge >= 0.3 is 0 Å². The van der Waals surface area contributed by atoms with Crippen LogP contribution < -0.4 is 5.32 Å². The average molecular weight is 281 g/mol. The van der Waals surface area contributed by atoms with Gasteiger partial charge in [0.1, 0.15) is 5.60 Å². The maximum atomic E-state index is 5.78. The summed E-state index contributed by atoms with van der Waals surface area (Å²) < 4.78 is 11.2. The summed E-state index contributed by atoms with van der Waals surface area (Å²) in [5.41, 5.74) is -0.428. The molecule has 1 aromatic heterocycles. The first kappa shape index (κ1) is 15.4. The molecule has 114 valence electrons. The van der Waals surface area contributed by atoms with Crippen molar-refractivity contribution in [2.75, 3.05) is 19.7 Å². The van der Waals surface area contributed by atoms with Gasteiger partial charge in [-0.15, -0.1) is 0 Å². The lowest BCUT2D eigenvalue weighted by Gasteiger charge is -2.23. The molecule has 0 bridgehead atoms. The van der Waals surface area contributed by atoms with Crippen LogP contribution in [0.3, 0.4) is 0 Å². The molecular formula is C15H27N3O2. The number of aryl methyl sites for hydroxylation is 1. The van der Waals surface area contributed by atoms with Crippen LogP contribution in [0, 0.1) is 5.92 Å². The summed E-state index contributed by atoms with van der Waals surface area (Å²) in [6.07, 6.45) is 5.40. The van der Waals surface area contributed by atoms with Gasteiger partial charge in [-0.25, -0.2) is 0 Å². The van der Waals surface area contributed by atoms with Crippen LogP contribution in [0.25, 0.3) is 0 Å². The maximum absolute atomic E-state index is 5.78. The van der Waals surface area contributed by atoms with Gasteiger partial charge < -0.3 is 14.6 Å². The lowest BCUT2D eigenvalue weighted by atomic mass is 9.95. The van der Waals surface area contributed by atoms with E-state index in [0.29, 0.717) is 12.4 Å².